The lowest BCUT2D eigenvalue weighted by Crippen LogP contribution is -2.49. The highest BCUT2D eigenvalue weighted by atomic mass is 16.4. The molecule has 0 bridgehead atoms. The lowest BCUT2D eigenvalue weighted by Gasteiger charge is -2.22. The summed E-state index contributed by atoms with van der Waals surface area (Å²) in [4.78, 5) is 21.8. The molecule has 1 aliphatic rings. The molecule has 2 atom stereocenters. The van der Waals surface area contributed by atoms with Crippen LogP contribution in [-0.2, 0) is 9.59 Å². The summed E-state index contributed by atoms with van der Waals surface area (Å²) in [6.45, 7) is 3.70. The third-order valence-electron chi connectivity index (χ3n) is 3.43. The summed E-state index contributed by atoms with van der Waals surface area (Å²) < 4.78 is 0. The molecule has 0 aromatic rings. The molecule has 0 radical (unpaired) electrons. The van der Waals surface area contributed by atoms with Crippen LogP contribution in [0.1, 0.15) is 39.5 Å². The second-order valence-electron chi connectivity index (χ2n) is 4.83. The largest absolute Gasteiger partial charge is 0.480 e. The number of carboxylic acids is 1. The standard InChI is InChI=1S/C12H22N2O3/c1-8(10-5-3-4-6-10)13-7-11(12(16)17)14-9(2)15/h8,10-11,13H,3-7H2,1-2H3,(H,14,15)(H,16,17). The molecular weight excluding hydrogens is 220 g/mol. The van der Waals surface area contributed by atoms with E-state index >= 15 is 0 Å². The van der Waals surface area contributed by atoms with Crippen molar-refractivity contribution in [3.8, 4) is 0 Å². The van der Waals surface area contributed by atoms with Gasteiger partial charge in [-0.3, -0.25) is 4.79 Å². The highest BCUT2D eigenvalue weighted by molar-refractivity contribution is 5.82. The Morgan fingerprint density at radius 1 is 1.35 bits per heavy atom. The molecule has 1 fully saturated rings. The van der Waals surface area contributed by atoms with Crippen LogP contribution >= 0.6 is 0 Å². The maximum atomic E-state index is 10.9. The van der Waals surface area contributed by atoms with Gasteiger partial charge in [-0.05, 0) is 25.7 Å². The maximum absolute atomic E-state index is 10.9. The summed E-state index contributed by atoms with van der Waals surface area (Å²) >= 11 is 0. The number of amides is 1. The molecule has 5 nitrogen and oxygen atoms in total. The molecule has 1 saturated carbocycles. The van der Waals surface area contributed by atoms with E-state index < -0.39 is 12.0 Å². The Hall–Kier alpha value is -1.10. The second kappa shape index (κ2) is 6.59. The Bertz CT molecular complexity index is 275. The second-order valence-corrected chi connectivity index (χ2v) is 4.83. The van der Waals surface area contributed by atoms with Gasteiger partial charge in [-0.2, -0.15) is 0 Å². The summed E-state index contributed by atoms with van der Waals surface area (Å²) in [7, 11) is 0. The molecule has 0 aromatic heterocycles. The predicted octanol–water partition coefficient (Wildman–Crippen LogP) is 0.744. The summed E-state index contributed by atoms with van der Waals surface area (Å²) in [5.41, 5.74) is 0. The number of hydrogen-bond acceptors (Lipinski definition) is 3. The van der Waals surface area contributed by atoms with Gasteiger partial charge in [0.25, 0.3) is 0 Å². The van der Waals surface area contributed by atoms with E-state index in [0.717, 1.165) is 0 Å². The zero-order valence-corrected chi connectivity index (χ0v) is 10.5. The molecular formula is C12H22N2O3. The molecule has 0 spiro atoms. The fourth-order valence-corrected chi connectivity index (χ4v) is 2.37. The molecule has 98 valence electrons. The summed E-state index contributed by atoms with van der Waals surface area (Å²) in [5.74, 6) is -0.666. The molecule has 1 aliphatic carbocycles. The fourth-order valence-electron chi connectivity index (χ4n) is 2.37. The number of nitrogens with one attached hydrogen (secondary N) is 2. The van der Waals surface area contributed by atoms with Crippen LogP contribution in [0.4, 0.5) is 0 Å². The number of rotatable bonds is 6. The molecule has 0 aromatic carbocycles. The summed E-state index contributed by atoms with van der Waals surface area (Å²) in [5, 5.41) is 14.6. The van der Waals surface area contributed by atoms with Crippen molar-refractivity contribution < 1.29 is 14.7 Å². The third-order valence-corrected chi connectivity index (χ3v) is 3.43. The van der Waals surface area contributed by atoms with E-state index in [-0.39, 0.29) is 12.5 Å². The van der Waals surface area contributed by atoms with Gasteiger partial charge in [-0.1, -0.05) is 12.8 Å². The van der Waals surface area contributed by atoms with Crippen molar-refractivity contribution >= 4 is 11.9 Å². The number of carbonyl (C=O) groups is 2. The van der Waals surface area contributed by atoms with Crippen molar-refractivity contribution in [3.63, 3.8) is 0 Å². The first-order valence-electron chi connectivity index (χ1n) is 6.24. The summed E-state index contributed by atoms with van der Waals surface area (Å²) in [6.07, 6.45) is 4.97. The molecule has 3 N–H and O–H groups in total. The zero-order chi connectivity index (χ0) is 12.8. The molecule has 0 heterocycles. The van der Waals surface area contributed by atoms with Gasteiger partial charge in [0, 0.05) is 19.5 Å². The normalized spacial score (nSPS) is 19.9. The lowest BCUT2D eigenvalue weighted by molar-refractivity contribution is -0.141. The molecule has 1 amide bonds. The van der Waals surface area contributed by atoms with Crippen LogP contribution in [0.5, 0.6) is 0 Å². The van der Waals surface area contributed by atoms with Gasteiger partial charge in [0.15, 0.2) is 0 Å². The quantitative estimate of drug-likeness (QED) is 0.642. The van der Waals surface area contributed by atoms with Crippen molar-refractivity contribution in [1.29, 1.82) is 0 Å². The van der Waals surface area contributed by atoms with Gasteiger partial charge < -0.3 is 15.7 Å². The van der Waals surface area contributed by atoms with Crippen molar-refractivity contribution in [2.45, 2.75) is 51.6 Å². The van der Waals surface area contributed by atoms with E-state index in [0.29, 0.717) is 12.0 Å². The SMILES string of the molecule is CC(=O)NC(CNC(C)C1CCCC1)C(=O)O. The molecule has 0 aliphatic heterocycles. The van der Waals surface area contributed by atoms with Gasteiger partial charge in [0.2, 0.25) is 5.91 Å². The number of carbonyl (C=O) groups excluding carboxylic acids is 1. The smallest absolute Gasteiger partial charge is 0.327 e. The summed E-state index contributed by atoms with van der Waals surface area (Å²) in [6, 6.07) is -0.524. The van der Waals surface area contributed by atoms with Crippen LogP contribution in [0, 0.1) is 5.92 Å². The minimum absolute atomic E-state index is 0.284. The van der Waals surface area contributed by atoms with Gasteiger partial charge in [-0.15, -0.1) is 0 Å². The highest BCUT2D eigenvalue weighted by Crippen LogP contribution is 2.27. The Labute approximate surface area is 102 Å². The van der Waals surface area contributed by atoms with Crippen LogP contribution < -0.4 is 10.6 Å². The monoisotopic (exact) mass is 242 g/mol. The zero-order valence-electron chi connectivity index (χ0n) is 10.5. The van der Waals surface area contributed by atoms with Gasteiger partial charge >= 0.3 is 5.97 Å². The maximum Gasteiger partial charge on any atom is 0.327 e. The topological polar surface area (TPSA) is 78.4 Å². The first kappa shape index (κ1) is 14.0. The van der Waals surface area contributed by atoms with Crippen LogP contribution in [0.2, 0.25) is 0 Å². The Morgan fingerprint density at radius 3 is 2.41 bits per heavy atom. The number of carboxylic acid groups (broad SMARTS) is 1. The molecule has 2 unspecified atom stereocenters. The van der Waals surface area contributed by atoms with Crippen molar-refractivity contribution in [2.24, 2.45) is 5.92 Å². The van der Waals surface area contributed by atoms with E-state index in [9.17, 15) is 9.59 Å². The first-order chi connectivity index (χ1) is 8.00. The van der Waals surface area contributed by atoms with Crippen molar-refractivity contribution in [3.05, 3.63) is 0 Å². The third kappa shape index (κ3) is 4.73. The highest BCUT2D eigenvalue weighted by Gasteiger charge is 2.24. The minimum atomic E-state index is -0.994. The number of aliphatic carboxylic acids is 1. The lowest BCUT2D eigenvalue weighted by atomic mass is 9.99. The predicted molar refractivity (Wildman–Crippen MR) is 64.7 cm³/mol. The average molecular weight is 242 g/mol. The Morgan fingerprint density at radius 2 is 1.94 bits per heavy atom. The van der Waals surface area contributed by atoms with E-state index in [1.165, 1.54) is 32.6 Å². The van der Waals surface area contributed by atoms with Crippen LogP contribution in [-0.4, -0.2) is 35.6 Å². The van der Waals surface area contributed by atoms with Crippen LogP contribution in [0.3, 0.4) is 0 Å². The van der Waals surface area contributed by atoms with Crippen molar-refractivity contribution in [1.82, 2.24) is 10.6 Å². The first-order valence-corrected chi connectivity index (χ1v) is 6.24. The molecule has 17 heavy (non-hydrogen) atoms. The fraction of sp³-hybridized carbons (Fsp3) is 0.833. The molecule has 5 heteroatoms. The Kier molecular flexibility index (Phi) is 5.41. The van der Waals surface area contributed by atoms with E-state index in [2.05, 4.69) is 17.6 Å². The van der Waals surface area contributed by atoms with Gasteiger partial charge in [0.05, 0.1) is 0 Å². The average Bonchev–Trinajstić information content (AvgIpc) is 2.76. The van der Waals surface area contributed by atoms with E-state index in [1.54, 1.807) is 0 Å². The van der Waals surface area contributed by atoms with Crippen molar-refractivity contribution in [2.75, 3.05) is 6.54 Å². The van der Waals surface area contributed by atoms with E-state index in [4.69, 9.17) is 5.11 Å². The number of hydrogen-bond donors (Lipinski definition) is 3. The Balaban J connectivity index is 2.34. The van der Waals surface area contributed by atoms with Gasteiger partial charge in [-0.25, -0.2) is 4.79 Å². The molecule has 1 rings (SSSR count). The van der Waals surface area contributed by atoms with Crippen LogP contribution in [0.25, 0.3) is 0 Å². The van der Waals surface area contributed by atoms with Gasteiger partial charge in [0.1, 0.15) is 6.04 Å². The minimum Gasteiger partial charge on any atom is -0.480 e. The van der Waals surface area contributed by atoms with E-state index in [1.807, 2.05) is 0 Å². The van der Waals surface area contributed by atoms with Crippen LogP contribution in [0.15, 0.2) is 0 Å². The molecule has 0 saturated heterocycles.